The van der Waals surface area contributed by atoms with Crippen LogP contribution in [0.25, 0.3) is 0 Å². The SMILES string of the molecule is Cc1ccc(Cl)c(OCc2csc(C(=O)N3CCN(Cc4ccccc4)CC3)c2)c1. The van der Waals surface area contributed by atoms with Crippen LogP contribution in [0.4, 0.5) is 0 Å². The van der Waals surface area contributed by atoms with E-state index < -0.39 is 0 Å². The van der Waals surface area contributed by atoms with E-state index in [1.54, 1.807) is 0 Å². The summed E-state index contributed by atoms with van der Waals surface area (Å²) in [7, 11) is 0. The Morgan fingerprint density at radius 3 is 2.57 bits per heavy atom. The van der Waals surface area contributed by atoms with E-state index in [1.165, 1.54) is 16.9 Å². The first-order valence-electron chi connectivity index (χ1n) is 10.1. The topological polar surface area (TPSA) is 32.8 Å². The van der Waals surface area contributed by atoms with Gasteiger partial charge in [-0.05, 0) is 41.6 Å². The lowest BCUT2D eigenvalue weighted by Gasteiger charge is -2.34. The Labute approximate surface area is 186 Å². The zero-order chi connectivity index (χ0) is 20.9. The minimum absolute atomic E-state index is 0.110. The van der Waals surface area contributed by atoms with Gasteiger partial charge in [0.2, 0.25) is 0 Å². The number of carbonyl (C=O) groups is 1. The van der Waals surface area contributed by atoms with Crippen LogP contribution in [0.15, 0.2) is 60.0 Å². The minimum Gasteiger partial charge on any atom is -0.487 e. The molecular weight excluding hydrogens is 416 g/mol. The quantitative estimate of drug-likeness (QED) is 0.525. The Bertz CT molecular complexity index is 997. The summed E-state index contributed by atoms with van der Waals surface area (Å²) in [4.78, 5) is 18.0. The fourth-order valence-corrected chi connectivity index (χ4v) is 4.59. The van der Waals surface area contributed by atoms with E-state index in [0.717, 1.165) is 48.7 Å². The van der Waals surface area contributed by atoms with E-state index in [4.69, 9.17) is 16.3 Å². The van der Waals surface area contributed by atoms with Crippen LogP contribution in [0.5, 0.6) is 5.75 Å². The van der Waals surface area contributed by atoms with Crippen LogP contribution in [-0.4, -0.2) is 41.9 Å². The first kappa shape index (κ1) is 20.9. The average Bonchev–Trinajstić information content (AvgIpc) is 3.24. The predicted octanol–water partition coefficient (Wildman–Crippen LogP) is 5.25. The molecule has 0 spiro atoms. The molecule has 1 amide bonds. The molecule has 1 fully saturated rings. The smallest absolute Gasteiger partial charge is 0.264 e. The molecular formula is C24H25ClN2O2S. The van der Waals surface area contributed by atoms with Crippen molar-refractivity contribution in [3.63, 3.8) is 0 Å². The summed E-state index contributed by atoms with van der Waals surface area (Å²) in [6.45, 7) is 6.65. The van der Waals surface area contributed by atoms with E-state index in [9.17, 15) is 4.79 Å². The van der Waals surface area contributed by atoms with Gasteiger partial charge in [0.1, 0.15) is 12.4 Å². The van der Waals surface area contributed by atoms with Gasteiger partial charge in [0.15, 0.2) is 0 Å². The van der Waals surface area contributed by atoms with Gasteiger partial charge in [-0.3, -0.25) is 9.69 Å². The van der Waals surface area contributed by atoms with E-state index in [-0.39, 0.29) is 5.91 Å². The van der Waals surface area contributed by atoms with E-state index in [0.29, 0.717) is 17.4 Å². The number of rotatable bonds is 6. The van der Waals surface area contributed by atoms with Gasteiger partial charge in [-0.1, -0.05) is 48.0 Å². The highest BCUT2D eigenvalue weighted by Crippen LogP contribution is 2.27. The van der Waals surface area contributed by atoms with Crippen molar-refractivity contribution in [1.29, 1.82) is 0 Å². The Balaban J connectivity index is 1.29. The first-order chi connectivity index (χ1) is 14.6. The van der Waals surface area contributed by atoms with Crippen molar-refractivity contribution in [3.8, 4) is 5.75 Å². The maximum absolute atomic E-state index is 12.9. The van der Waals surface area contributed by atoms with Gasteiger partial charge >= 0.3 is 0 Å². The van der Waals surface area contributed by atoms with Gasteiger partial charge in [0, 0.05) is 38.3 Å². The predicted molar refractivity (Wildman–Crippen MR) is 122 cm³/mol. The number of aryl methyl sites for hydroxylation is 1. The second-order valence-corrected chi connectivity index (χ2v) is 8.91. The first-order valence-corrected chi connectivity index (χ1v) is 11.4. The van der Waals surface area contributed by atoms with Crippen LogP contribution in [0.2, 0.25) is 5.02 Å². The number of piperazine rings is 1. The summed E-state index contributed by atoms with van der Waals surface area (Å²) in [5.74, 6) is 0.782. The third-order valence-electron chi connectivity index (χ3n) is 5.25. The molecule has 30 heavy (non-hydrogen) atoms. The van der Waals surface area contributed by atoms with Crippen molar-refractivity contribution in [1.82, 2.24) is 9.80 Å². The van der Waals surface area contributed by atoms with Gasteiger partial charge in [-0.2, -0.15) is 0 Å². The van der Waals surface area contributed by atoms with Crippen molar-refractivity contribution in [2.75, 3.05) is 26.2 Å². The van der Waals surface area contributed by atoms with Crippen molar-refractivity contribution in [3.05, 3.63) is 86.6 Å². The number of benzene rings is 2. The summed E-state index contributed by atoms with van der Waals surface area (Å²) < 4.78 is 5.86. The molecule has 2 heterocycles. The number of ether oxygens (including phenoxy) is 1. The molecule has 0 radical (unpaired) electrons. The van der Waals surface area contributed by atoms with Gasteiger partial charge in [0.05, 0.1) is 9.90 Å². The number of hydrogen-bond donors (Lipinski definition) is 0. The maximum atomic E-state index is 12.9. The summed E-state index contributed by atoms with van der Waals surface area (Å²) in [5, 5.41) is 2.59. The number of hydrogen-bond acceptors (Lipinski definition) is 4. The maximum Gasteiger partial charge on any atom is 0.264 e. The number of thiophene rings is 1. The lowest BCUT2D eigenvalue weighted by Crippen LogP contribution is -2.48. The standard InChI is InChI=1S/C24H25ClN2O2S/c1-18-7-8-21(25)22(13-18)29-16-20-14-23(30-17-20)24(28)27-11-9-26(10-12-27)15-19-5-3-2-4-6-19/h2-8,13-14,17H,9-12,15-16H2,1H3. The Morgan fingerprint density at radius 1 is 1.03 bits per heavy atom. The summed E-state index contributed by atoms with van der Waals surface area (Å²) in [5.41, 5.74) is 3.40. The van der Waals surface area contributed by atoms with Crippen LogP contribution >= 0.6 is 22.9 Å². The van der Waals surface area contributed by atoms with Crippen LogP contribution in [0.3, 0.4) is 0 Å². The van der Waals surface area contributed by atoms with Gasteiger partial charge in [0.25, 0.3) is 5.91 Å². The molecule has 0 unspecified atom stereocenters. The fourth-order valence-electron chi connectivity index (χ4n) is 3.55. The summed E-state index contributed by atoms with van der Waals surface area (Å²) in [6, 6.07) is 18.1. The zero-order valence-corrected chi connectivity index (χ0v) is 18.6. The zero-order valence-electron chi connectivity index (χ0n) is 17.0. The Kier molecular flexibility index (Phi) is 6.72. The van der Waals surface area contributed by atoms with Crippen molar-refractivity contribution in [2.45, 2.75) is 20.1 Å². The Hall–Kier alpha value is -2.34. The summed E-state index contributed by atoms with van der Waals surface area (Å²) in [6.07, 6.45) is 0. The van der Waals surface area contributed by atoms with Crippen LogP contribution in [0.1, 0.15) is 26.4 Å². The molecule has 1 aliphatic heterocycles. The second-order valence-electron chi connectivity index (χ2n) is 7.60. The molecule has 4 rings (SSSR count). The van der Waals surface area contributed by atoms with Gasteiger partial charge in [-0.15, -0.1) is 11.3 Å². The van der Waals surface area contributed by atoms with E-state index in [1.807, 2.05) is 47.5 Å². The third kappa shape index (κ3) is 5.22. The highest BCUT2D eigenvalue weighted by Gasteiger charge is 2.23. The molecule has 6 heteroatoms. The largest absolute Gasteiger partial charge is 0.487 e. The summed E-state index contributed by atoms with van der Waals surface area (Å²) >= 11 is 7.67. The average molecular weight is 441 g/mol. The van der Waals surface area contributed by atoms with Gasteiger partial charge < -0.3 is 9.64 Å². The molecule has 1 saturated heterocycles. The molecule has 1 aromatic heterocycles. The molecule has 4 nitrogen and oxygen atoms in total. The normalized spacial score (nSPS) is 14.7. The third-order valence-corrected chi connectivity index (χ3v) is 6.53. The number of halogens is 1. The Morgan fingerprint density at radius 2 is 1.80 bits per heavy atom. The molecule has 1 aliphatic rings. The molecule has 0 bridgehead atoms. The van der Waals surface area contributed by atoms with Crippen molar-refractivity contribution >= 4 is 28.8 Å². The molecule has 0 atom stereocenters. The van der Waals surface area contributed by atoms with E-state index >= 15 is 0 Å². The number of carbonyl (C=O) groups excluding carboxylic acids is 1. The highest BCUT2D eigenvalue weighted by molar-refractivity contribution is 7.12. The lowest BCUT2D eigenvalue weighted by atomic mass is 10.2. The lowest BCUT2D eigenvalue weighted by molar-refractivity contribution is 0.0633. The highest BCUT2D eigenvalue weighted by atomic mass is 35.5. The molecule has 0 aliphatic carbocycles. The van der Waals surface area contributed by atoms with Crippen molar-refractivity contribution < 1.29 is 9.53 Å². The number of amides is 1. The molecule has 156 valence electrons. The van der Waals surface area contributed by atoms with Crippen LogP contribution in [-0.2, 0) is 13.2 Å². The molecule has 2 aromatic carbocycles. The van der Waals surface area contributed by atoms with E-state index in [2.05, 4.69) is 29.2 Å². The van der Waals surface area contributed by atoms with Gasteiger partial charge in [-0.25, -0.2) is 0 Å². The van der Waals surface area contributed by atoms with Crippen LogP contribution in [0, 0.1) is 6.92 Å². The van der Waals surface area contributed by atoms with Crippen LogP contribution < -0.4 is 4.74 Å². The second kappa shape index (κ2) is 9.65. The monoisotopic (exact) mass is 440 g/mol. The van der Waals surface area contributed by atoms with Crippen molar-refractivity contribution in [2.24, 2.45) is 0 Å². The fraction of sp³-hybridized carbons (Fsp3) is 0.292. The molecule has 3 aromatic rings. The number of nitrogens with zero attached hydrogens (tertiary/aromatic N) is 2. The molecule has 0 saturated carbocycles. The molecule has 0 N–H and O–H groups in total. The minimum atomic E-state index is 0.110.